The first-order chi connectivity index (χ1) is 13.7. The second kappa shape index (κ2) is 7.84. The SMILES string of the molecule is O=C(NCc1ccncc1)c1cnn(-c2cccc(F)c2)c1-c1ccccc1. The van der Waals surface area contributed by atoms with Crippen LogP contribution in [0.5, 0.6) is 0 Å². The molecule has 0 spiro atoms. The van der Waals surface area contributed by atoms with Crippen LogP contribution in [0.25, 0.3) is 16.9 Å². The van der Waals surface area contributed by atoms with Gasteiger partial charge in [0.1, 0.15) is 5.82 Å². The fraction of sp³-hybridized carbons (Fsp3) is 0.0455. The molecule has 0 bridgehead atoms. The van der Waals surface area contributed by atoms with Crippen molar-refractivity contribution in [1.82, 2.24) is 20.1 Å². The Hall–Kier alpha value is -3.80. The second-order valence-electron chi connectivity index (χ2n) is 6.20. The van der Waals surface area contributed by atoms with Gasteiger partial charge in [-0.3, -0.25) is 9.78 Å². The molecule has 0 unspecified atom stereocenters. The van der Waals surface area contributed by atoms with Crippen LogP contribution >= 0.6 is 0 Å². The predicted molar refractivity (Wildman–Crippen MR) is 104 cm³/mol. The van der Waals surface area contributed by atoms with E-state index in [9.17, 15) is 9.18 Å². The Kier molecular flexibility index (Phi) is 4.93. The van der Waals surface area contributed by atoms with Crippen molar-refractivity contribution in [3.05, 3.63) is 102 Å². The lowest BCUT2D eigenvalue weighted by atomic mass is 10.1. The monoisotopic (exact) mass is 372 g/mol. The highest BCUT2D eigenvalue weighted by Crippen LogP contribution is 2.27. The smallest absolute Gasteiger partial charge is 0.255 e. The highest BCUT2D eigenvalue weighted by molar-refractivity contribution is 6.00. The standard InChI is InChI=1S/C22H17FN4O/c23-18-7-4-8-19(13-18)27-21(17-5-2-1-3-6-17)20(15-26-27)22(28)25-14-16-9-11-24-12-10-16/h1-13,15H,14H2,(H,25,28). The third kappa shape index (κ3) is 3.66. The number of carbonyl (C=O) groups excluding carboxylic acids is 1. The van der Waals surface area contributed by atoms with Gasteiger partial charge in [-0.1, -0.05) is 36.4 Å². The van der Waals surface area contributed by atoms with Crippen molar-refractivity contribution < 1.29 is 9.18 Å². The average molecular weight is 372 g/mol. The fourth-order valence-electron chi connectivity index (χ4n) is 2.97. The maximum atomic E-state index is 13.7. The van der Waals surface area contributed by atoms with Crippen molar-refractivity contribution in [1.29, 1.82) is 0 Å². The van der Waals surface area contributed by atoms with Crippen LogP contribution < -0.4 is 5.32 Å². The Labute approximate surface area is 161 Å². The summed E-state index contributed by atoms with van der Waals surface area (Å²) in [5.74, 6) is -0.617. The summed E-state index contributed by atoms with van der Waals surface area (Å²) in [6, 6.07) is 19.3. The lowest BCUT2D eigenvalue weighted by molar-refractivity contribution is 0.0951. The molecule has 28 heavy (non-hydrogen) atoms. The molecular weight excluding hydrogens is 355 g/mol. The molecule has 2 heterocycles. The molecule has 0 saturated heterocycles. The number of hydrogen-bond acceptors (Lipinski definition) is 3. The molecule has 1 N–H and O–H groups in total. The first-order valence-electron chi connectivity index (χ1n) is 8.79. The molecule has 6 heteroatoms. The van der Waals surface area contributed by atoms with Gasteiger partial charge in [0.25, 0.3) is 5.91 Å². The molecule has 4 aromatic rings. The van der Waals surface area contributed by atoms with Gasteiger partial charge >= 0.3 is 0 Å². The van der Waals surface area contributed by atoms with Gasteiger partial charge in [-0.2, -0.15) is 5.10 Å². The van der Waals surface area contributed by atoms with E-state index in [1.165, 1.54) is 18.3 Å². The van der Waals surface area contributed by atoms with Crippen molar-refractivity contribution in [2.45, 2.75) is 6.54 Å². The quantitative estimate of drug-likeness (QED) is 0.576. The number of amides is 1. The number of halogens is 1. The van der Waals surface area contributed by atoms with Crippen LogP contribution in [0.3, 0.4) is 0 Å². The predicted octanol–water partition coefficient (Wildman–Crippen LogP) is 4.00. The summed E-state index contributed by atoms with van der Waals surface area (Å²) in [6.07, 6.45) is 4.87. The van der Waals surface area contributed by atoms with E-state index < -0.39 is 0 Å². The minimum Gasteiger partial charge on any atom is -0.348 e. The second-order valence-corrected chi connectivity index (χ2v) is 6.20. The first kappa shape index (κ1) is 17.6. The molecule has 0 fully saturated rings. The summed E-state index contributed by atoms with van der Waals surface area (Å²) in [4.78, 5) is 16.8. The number of carbonyl (C=O) groups is 1. The van der Waals surface area contributed by atoms with E-state index in [4.69, 9.17) is 0 Å². The molecular formula is C22H17FN4O. The summed E-state index contributed by atoms with van der Waals surface area (Å²) >= 11 is 0. The first-order valence-corrected chi connectivity index (χ1v) is 8.79. The largest absolute Gasteiger partial charge is 0.348 e. The molecule has 0 aliphatic heterocycles. The lowest BCUT2D eigenvalue weighted by Crippen LogP contribution is -2.23. The van der Waals surface area contributed by atoms with Crippen molar-refractivity contribution in [2.24, 2.45) is 0 Å². The molecule has 0 saturated carbocycles. The highest BCUT2D eigenvalue weighted by atomic mass is 19.1. The number of benzene rings is 2. The van der Waals surface area contributed by atoms with Crippen LogP contribution in [-0.2, 0) is 6.54 Å². The lowest BCUT2D eigenvalue weighted by Gasteiger charge is -2.11. The van der Waals surface area contributed by atoms with Gasteiger partial charge in [-0.25, -0.2) is 9.07 Å². The van der Waals surface area contributed by atoms with Crippen LogP contribution in [0.15, 0.2) is 85.3 Å². The number of pyridine rings is 1. The topological polar surface area (TPSA) is 59.8 Å². The number of nitrogens with zero attached hydrogens (tertiary/aromatic N) is 3. The maximum absolute atomic E-state index is 13.7. The Balaban J connectivity index is 1.72. The Morgan fingerprint density at radius 3 is 2.54 bits per heavy atom. The zero-order chi connectivity index (χ0) is 19.3. The van der Waals surface area contributed by atoms with E-state index in [0.29, 0.717) is 23.5 Å². The number of rotatable bonds is 5. The molecule has 0 aliphatic carbocycles. The van der Waals surface area contributed by atoms with Crippen LogP contribution in [0.1, 0.15) is 15.9 Å². The summed E-state index contributed by atoms with van der Waals surface area (Å²) < 4.78 is 15.3. The van der Waals surface area contributed by atoms with Crippen LogP contribution in [0, 0.1) is 5.82 Å². The minimum atomic E-state index is -0.365. The van der Waals surface area contributed by atoms with Crippen LogP contribution in [-0.4, -0.2) is 20.7 Å². The zero-order valence-electron chi connectivity index (χ0n) is 14.9. The van der Waals surface area contributed by atoms with Gasteiger partial charge in [-0.15, -0.1) is 0 Å². The molecule has 0 aliphatic rings. The highest BCUT2D eigenvalue weighted by Gasteiger charge is 2.20. The maximum Gasteiger partial charge on any atom is 0.255 e. The molecule has 5 nitrogen and oxygen atoms in total. The number of hydrogen-bond donors (Lipinski definition) is 1. The third-order valence-corrected chi connectivity index (χ3v) is 4.32. The zero-order valence-corrected chi connectivity index (χ0v) is 14.9. The van der Waals surface area contributed by atoms with E-state index in [-0.39, 0.29) is 11.7 Å². The normalized spacial score (nSPS) is 10.6. The summed E-state index contributed by atoms with van der Waals surface area (Å²) in [5, 5.41) is 7.27. The molecule has 2 aromatic heterocycles. The van der Waals surface area contributed by atoms with Gasteiger partial charge in [0.15, 0.2) is 0 Å². The fourth-order valence-corrected chi connectivity index (χ4v) is 2.97. The molecule has 0 radical (unpaired) electrons. The summed E-state index contributed by atoms with van der Waals surface area (Å²) in [6.45, 7) is 0.376. The Morgan fingerprint density at radius 1 is 1.00 bits per heavy atom. The third-order valence-electron chi connectivity index (χ3n) is 4.32. The van der Waals surface area contributed by atoms with Gasteiger partial charge < -0.3 is 5.32 Å². The van der Waals surface area contributed by atoms with E-state index in [0.717, 1.165) is 11.1 Å². The van der Waals surface area contributed by atoms with Crippen molar-refractivity contribution in [3.63, 3.8) is 0 Å². The Morgan fingerprint density at radius 2 is 1.79 bits per heavy atom. The van der Waals surface area contributed by atoms with E-state index in [2.05, 4.69) is 15.4 Å². The van der Waals surface area contributed by atoms with Gasteiger partial charge in [0, 0.05) is 24.5 Å². The van der Waals surface area contributed by atoms with Gasteiger partial charge in [0.05, 0.1) is 23.1 Å². The van der Waals surface area contributed by atoms with Crippen LogP contribution in [0.2, 0.25) is 0 Å². The van der Waals surface area contributed by atoms with Gasteiger partial charge in [0.2, 0.25) is 0 Å². The molecule has 2 aromatic carbocycles. The van der Waals surface area contributed by atoms with E-state index >= 15 is 0 Å². The molecule has 0 atom stereocenters. The molecule has 138 valence electrons. The molecule has 1 amide bonds. The van der Waals surface area contributed by atoms with E-state index in [1.54, 1.807) is 29.2 Å². The van der Waals surface area contributed by atoms with Gasteiger partial charge in [-0.05, 0) is 35.9 Å². The van der Waals surface area contributed by atoms with E-state index in [1.807, 2.05) is 42.5 Å². The van der Waals surface area contributed by atoms with Crippen molar-refractivity contribution in [3.8, 4) is 16.9 Å². The Bertz CT molecular complexity index is 1090. The van der Waals surface area contributed by atoms with Crippen molar-refractivity contribution in [2.75, 3.05) is 0 Å². The summed E-state index contributed by atoms with van der Waals surface area (Å²) in [5.41, 5.74) is 3.34. The average Bonchev–Trinajstić information content (AvgIpc) is 3.19. The van der Waals surface area contributed by atoms with Crippen molar-refractivity contribution >= 4 is 5.91 Å². The number of aromatic nitrogens is 3. The number of nitrogens with one attached hydrogen (secondary N) is 1. The van der Waals surface area contributed by atoms with Crippen LogP contribution in [0.4, 0.5) is 4.39 Å². The molecule has 4 rings (SSSR count). The summed E-state index contributed by atoms with van der Waals surface area (Å²) in [7, 11) is 0. The minimum absolute atomic E-state index is 0.252.